The van der Waals surface area contributed by atoms with Gasteiger partial charge in [0.05, 0.1) is 17.1 Å². The van der Waals surface area contributed by atoms with Gasteiger partial charge in [0.15, 0.2) is 0 Å². The maximum absolute atomic E-state index is 12.8. The molecule has 1 aliphatic rings. The quantitative estimate of drug-likeness (QED) is 0.471. The van der Waals surface area contributed by atoms with Gasteiger partial charge in [0.2, 0.25) is 5.91 Å². The van der Waals surface area contributed by atoms with Crippen LogP contribution < -0.4 is 5.32 Å². The Morgan fingerprint density at radius 1 is 1.18 bits per heavy atom. The SMILES string of the molecule is CC1=C(C(=O)OCCc2ccccc2)C(c2ccccc2[N+](=O)[O-])CC(=O)N1. The number of hydrogen-bond acceptors (Lipinski definition) is 5. The summed E-state index contributed by atoms with van der Waals surface area (Å²) in [6, 6.07) is 15.8. The monoisotopic (exact) mass is 380 g/mol. The lowest BCUT2D eigenvalue weighted by molar-refractivity contribution is -0.385. The van der Waals surface area contributed by atoms with Crippen molar-refractivity contribution in [1.82, 2.24) is 5.32 Å². The fourth-order valence-corrected chi connectivity index (χ4v) is 3.37. The van der Waals surface area contributed by atoms with Gasteiger partial charge in [-0.1, -0.05) is 48.5 Å². The van der Waals surface area contributed by atoms with E-state index in [1.165, 1.54) is 6.07 Å². The van der Waals surface area contributed by atoms with Crippen LogP contribution in [0.15, 0.2) is 65.9 Å². The summed E-state index contributed by atoms with van der Waals surface area (Å²) in [5.41, 5.74) is 1.86. The molecular formula is C21H20N2O5. The van der Waals surface area contributed by atoms with Crippen molar-refractivity contribution in [2.75, 3.05) is 6.61 Å². The molecule has 1 N–H and O–H groups in total. The first kappa shape index (κ1) is 19.3. The Hall–Kier alpha value is -3.48. The Morgan fingerprint density at radius 2 is 1.86 bits per heavy atom. The summed E-state index contributed by atoms with van der Waals surface area (Å²) in [7, 11) is 0. The molecule has 28 heavy (non-hydrogen) atoms. The molecule has 1 atom stereocenters. The zero-order valence-corrected chi connectivity index (χ0v) is 15.4. The number of nitrogens with zero attached hydrogens (tertiary/aromatic N) is 1. The van der Waals surface area contributed by atoms with E-state index in [-0.39, 0.29) is 30.2 Å². The second-order valence-corrected chi connectivity index (χ2v) is 6.53. The van der Waals surface area contributed by atoms with Gasteiger partial charge in [-0.05, 0) is 12.5 Å². The molecule has 0 radical (unpaired) electrons. The van der Waals surface area contributed by atoms with Crippen LogP contribution in [0.2, 0.25) is 0 Å². The zero-order valence-electron chi connectivity index (χ0n) is 15.4. The molecule has 0 saturated carbocycles. The van der Waals surface area contributed by atoms with Gasteiger partial charge in [-0.2, -0.15) is 0 Å². The molecule has 1 amide bonds. The van der Waals surface area contributed by atoms with Crippen molar-refractivity contribution < 1.29 is 19.2 Å². The molecular weight excluding hydrogens is 360 g/mol. The fraction of sp³-hybridized carbons (Fsp3) is 0.238. The summed E-state index contributed by atoms with van der Waals surface area (Å²) in [5, 5.41) is 14.0. The molecule has 1 aliphatic heterocycles. The lowest BCUT2D eigenvalue weighted by Gasteiger charge is -2.26. The number of nitro groups is 1. The van der Waals surface area contributed by atoms with Gasteiger partial charge in [0, 0.05) is 36.1 Å². The molecule has 0 fully saturated rings. The summed E-state index contributed by atoms with van der Waals surface area (Å²) >= 11 is 0. The van der Waals surface area contributed by atoms with Crippen molar-refractivity contribution in [2.24, 2.45) is 0 Å². The maximum atomic E-state index is 12.8. The molecule has 3 rings (SSSR count). The number of amides is 1. The number of para-hydroxylation sites is 1. The summed E-state index contributed by atoms with van der Waals surface area (Å²) < 4.78 is 5.43. The Bertz CT molecular complexity index is 937. The molecule has 7 heteroatoms. The van der Waals surface area contributed by atoms with Gasteiger partial charge in [-0.15, -0.1) is 0 Å². The highest BCUT2D eigenvalue weighted by Crippen LogP contribution is 2.37. The summed E-state index contributed by atoms with van der Waals surface area (Å²) in [6.45, 7) is 1.78. The molecule has 0 saturated heterocycles. The molecule has 144 valence electrons. The van der Waals surface area contributed by atoms with E-state index in [9.17, 15) is 19.7 Å². The van der Waals surface area contributed by atoms with Crippen molar-refractivity contribution in [3.63, 3.8) is 0 Å². The van der Waals surface area contributed by atoms with Crippen molar-refractivity contribution in [3.05, 3.63) is 87.1 Å². The minimum absolute atomic E-state index is 0.0503. The number of rotatable bonds is 6. The zero-order chi connectivity index (χ0) is 20.1. The van der Waals surface area contributed by atoms with Crippen LogP contribution in [0.5, 0.6) is 0 Å². The first-order valence-corrected chi connectivity index (χ1v) is 8.92. The van der Waals surface area contributed by atoms with Crippen LogP contribution in [0.3, 0.4) is 0 Å². The van der Waals surface area contributed by atoms with Gasteiger partial charge >= 0.3 is 5.97 Å². The van der Waals surface area contributed by atoms with E-state index >= 15 is 0 Å². The van der Waals surface area contributed by atoms with Crippen LogP contribution in [-0.2, 0) is 20.7 Å². The number of nitro benzene ring substituents is 1. The average molecular weight is 380 g/mol. The Kier molecular flexibility index (Phi) is 5.84. The van der Waals surface area contributed by atoms with Crippen molar-refractivity contribution >= 4 is 17.6 Å². The number of allylic oxidation sites excluding steroid dienone is 1. The predicted molar refractivity (Wildman–Crippen MR) is 102 cm³/mol. The molecule has 1 heterocycles. The minimum atomic E-state index is -0.723. The number of carbonyl (C=O) groups excluding carboxylic acids is 2. The van der Waals surface area contributed by atoms with E-state index in [4.69, 9.17) is 4.74 Å². The van der Waals surface area contributed by atoms with E-state index < -0.39 is 16.8 Å². The second kappa shape index (κ2) is 8.47. The third-order valence-electron chi connectivity index (χ3n) is 4.66. The van der Waals surface area contributed by atoms with Crippen LogP contribution in [-0.4, -0.2) is 23.4 Å². The summed E-state index contributed by atoms with van der Waals surface area (Å²) in [6.07, 6.45) is 0.507. The molecule has 0 bridgehead atoms. The molecule has 0 aliphatic carbocycles. The van der Waals surface area contributed by atoms with Crippen LogP contribution >= 0.6 is 0 Å². The van der Waals surface area contributed by atoms with E-state index in [0.29, 0.717) is 17.7 Å². The molecule has 0 aromatic heterocycles. The molecule has 0 spiro atoms. The molecule has 7 nitrogen and oxygen atoms in total. The number of nitrogens with one attached hydrogen (secondary N) is 1. The number of carbonyl (C=O) groups is 2. The lowest BCUT2D eigenvalue weighted by Crippen LogP contribution is -2.34. The Balaban J connectivity index is 1.84. The summed E-state index contributed by atoms with van der Waals surface area (Å²) in [4.78, 5) is 35.7. The second-order valence-electron chi connectivity index (χ2n) is 6.53. The van der Waals surface area contributed by atoms with Crippen molar-refractivity contribution in [3.8, 4) is 0 Å². The number of esters is 1. The first-order valence-electron chi connectivity index (χ1n) is 8.92. The normalized spacial score (nSPS) is 16.5. The standard InChI is InChI=1S/C21H20N2O5/c1-14-20(21(25)28-12-11-15-7-3-2-4-8-15)17(13-19(24)22-14)16-9-5-6-10-18(16)23(26)27/h2-10,17H,11-13H2,1H3,(H,22,24). The van der Waals surface area contributed by atoms with Gasteiger partial charge in [-0.3, -0.25) is 14.9 Å². The third kappa shape index (κ3) is 4.25. The molecule has 1 unspecified atom stereocenters. The fourth-order valence-electron chi connectivity index (χ4n) is 3.37. The number of benzene rings is 2. The van der Waals surface area contributed by atoms with Crippen molar-refractivity contribution in [1.29, 1.82) is 0 Å². The van der Waals surface area contributed by atoms with Crippen molar-refractivity contribution in [2.45, 2.75) is 25.7 Å². The van der Waals surface area contributed by atoms with Gasteiger partial charge in [0.1, 0.15) is 0 Å². The van der Waals surface area contributed by atoms with Crippen LogP contribution in [0, 0.1) is 10.1 Å². The van der Waals surface area contributed by atoms with E-state index in [2.05, 4.69) is 5.32 Å². The highest BCUT2D eigenvalue weighted by molar-refractivity contribution is 5.96. The summed E-state index contributed by atoms with van der Waals surface area (Å²) in [5.74, 6) is -1.59. The smallest absolute Gasteiger partial charge is 0.336 e. The van der Waals surface area contributed by atoms with E-state index in [0.717, 1.165) is 5.56 Å². The third-order valence-corrected chi connectivity index (χ3v) is 4.66. The highest BCUT2D eigenvalue weighted by Gasteiger charge is 2.36. The molecule has 2 aromatic rings. The van der Waals surface area contributed by atoms with Gasteiger partial charge < -0.3 is 10.1 Å². The minimum Gasteiger partial charge on any atom is -0.462 e. The van der Waals surface area contributed by atoms with E-state index in [1.807, 2.05) is 30.3 Å². The predicted octanol–water partition coefficient (Wildman–Crippen LogP) is 3.26. The topological polar surface area (TPSA) is 98.5 Å². The van der Waals surface area contributed by atoms with Gasteiger partial charge in [0.25, 0.3) is 5.69 Å². The Labute approximate surface area is 162 Å². The maximum Gasteiger partial charge on any atom is 0.336 e. The highest BCUT2D eigenvalue weighted by atomic mass is 16.6. The van der Waals surface area contributed by atoms with E-state index in [1.54, 1.807) is 25.1 Å². The number of ether oxygens (including phenoxy) is 1. The van der Waals surface area contributed by atoms with Gasteiger partial charge in [-0.25, -0.2) is 4.79 Å². The number of hydrogen-bond donors (Lipinski definition) is 1. The van der Waals surface area contributed by atoms with Crippen LogP contribution in [0.25, 0.3) is 0 Å². The van der Waals surface area contributed by atoms with Crippen LogP contribution in [0.1, 0.15) is 30.4 Å². The first-order chi connectivity index (χ1) is 13.5. The molecule has 2 aromatic carbocycles. The average Bonchev–Trinajstić information content (AvgIpc) is 2.68. The van der Waals surface area contributed by atoms with Crippen LogP contribution in [0.4, 0.5) is 5.69 Å². The Morgan fingerprint density at radius 3 is 2.57 bits per heavy atom. The largest absolute Gasteiger partial charge is 0.462 e. The lowest BCUT2D eigenvalue weighted by atomic mass is 9.83.